The lowest BCUT2D eigenvalue weighted by molar-refractivity contribution is -0.121. The molecule has 0 radical (unpaired) electrons. The fourth-order valence-electron chi connectivity index (χ4n) is 4.06. The lowest BCUT2D eigenvalue weighted by atomic mass is 10.1. The third kappa shape index (κ3) is 6.21. The molecule has 2 heterocycles. The van der Waals surface area contributed by atoms with Gasteiger partial charge in [-0.05, 0) is 48.7 Å². The molecule has 0 bridgehead atoms. The van der Waals surface area contributed by atoms with Gasteiger partial charge >= 0.3 is 0 Å². The molecule has 3 aromatic rings. The summed E-state index contributed by atoms with van der Waals surface area (Å²) in [6.45, 7) is 9.67. The van der Waals surface area contributed by atoms with Gasteiger partial charge in [-0.15, -0.1) is 0 Å². The number of nitrogens with zero attached hydrogens (tertiary/aromatic N) is 5. The van der Waals surface area contributed by atoms with Gasteiger partial charge in [0.2, 0.25) is 5.91 Å². The molecule has 4 rings (SSSR count). The second kappa shape index (κ2) is 10.9. The first-order chi connectivity index (χ1) is 16.8. The zero-order chi connectivity index (χ0) is 24.9. The molecule has 7 nitrogen and oxygen atoms in total. The molecular weight excluding hydrogens is 462 g/mol. The van der Waals surface area contributed by atoms with E-state index < -0.39 is 0 Å². The number of rotatable bonds is 8. The van der Waals surface area contributed by atoms with Crippen LogP contribution in [0, 0.1) is 24.2 Å². The monoisotopic (exact) mass is 491 g/mol. The summed E-state index contributed by atoms with van der Waals surface area (Å²) >= 11 is 6.26. The van der Waals surface area contributed by atoms with E-state index >= 15 is 0 Å². The highest BCUT2D eigenvalue weighted by molar-refractivity contribution is 6.30. The van der Waals surface area contributed by atoms with E-state index in [2.05, 4.69) is 24.8 Å². The number of aromatic nitrogens is 2. The van der Waals surface area contributed by atoms with Gasteiger partial charge in [0, 0.05) is 42.0 Å². The molecule has 0 atom stereocenters. The smallest absolute Gasteiger partial charge is 0.242 e. The number of amides is 1. The van der Waals surface area contributed by atoms with Crippen molar-refractivity contribution in [3.8, 4) is 11.8 Å². The van der Waals surface area contributed by atoms with Crippen molar-refractivity contribution in [3.63, 3.8) is 0 Å². The average molecular weight is 492 g/mol. The van der Waals surface area contributed by atoms with E-state index in [1.807, 2.05) is 60.1 Å². The summed E-state index contributed by atoms with van der Waals surface area (Å²) in [5.41, 5.74) is 3.64. The number of ether oxygens (including phenoxy) is 1. The fourth-order valence-corrected chi connectivity index (χ4v) is 4.25. The molecule has 1 aliphatic heterocycles. The van der Waals surface area contributed by atoms with Gasteiger partial charge in [0.05, 0.1) is 31.3 Å². The van der Waals surface area contributed by atoms with Crippen LogP contribution in [-0.4, -0.2) is 46.8 Å². The quantitative estimate of drug-likeness (QED) is 0.458. The number of carbonyl (C=O) groups excluding carboxylic acids is 1. The second-order valence-corrected chi connectivity index (χ2v) is 9.76. The number of hydrogen-bond acceptors (Lipinski definition) is 5. The lowest BCUT2D eigenvalue weighted by Gasteiger charge is -2.33. The number of benzene rings is 2. The standard InChI is InChI=1S/C27H30ClN5O2/c1-19(2)18-35-25-9-8-24(28)13-23(25)16-33-20(3)12-26(30-33)32-11-10-31(17-27(32)34)15-22-6-4-21(14-29)5-7-22/h4-9,12-13,19H,10-11,15-18H2,1-3H3. The molecular formula is C27H30ClN5O2. The lowest BCUT2D eigenvalue weighted by Crippen LogP contribution is -2.50. The van der Waals surface area contributed by atoms with Crippen LogP contribution in [0.4, 0.5) is 5.82 Å². The fraction of sp³-hybridized carbons (Fsp3) is 0.370. The first-order valence-corrected chi connectivity index (χ1v) is 12.2. The Bertz CT molecular complexity index is 1230. The van der Waals surface area contributed by atoms with E-state index in [4.69, 9.17) is 26.7 Å². The predicted octanol–water partition coefficient (Wildman–Crippen LogP) is 4.65. The number of hydrogen-bond donors (Lipinski definition) is 0. The molecule has 0 unspecified atom stereocenters. The molecule has 2 aromatic carbocycles. The van der Waals surface area contributed by atoms with E-state index in [9.17, 15) is 4.79 Å². The summed E-state index contributed by atoms with van der Waals surface area (Å²) in [5.74, 6) is 1.90. The van der Waals surface area contributed by atoms with E-state index in [1.54, 1.807) is 4.90 Å². The maximum atomic E-state index is 13.0. The van der Waals surface area contributed by atoms with Gasteiger partial charge in [-0.1, -0.05) is 37.6 Å². The Morgan fingerprint density at radius 3 is 2.57 bits per heavy atom. The van der Waals surface area contributed by atoms with Crippen molar-refractivity contribution in [2.45, 2.75) is 33.9 Å². The first kappa shape index (κ1) is 24.8. The largest absolute Gasteiger partial charge is 0.493 e. The zero-order valence-electron chi connectivity index (χ0n) is 20.4. The van der Waals surface area contributed by atoms with Crippen LogP contribution >= 0.6 is 11.6 Å². The number of aryl methyl sites for hydroxylation is 1. The highest BCUT2D eigenvalue weighted by Gasteiger charge is 2.27. The second-order valence-electron chi connectivity index (χ2n) is 9.32. The van der Waals surface area contributed by atoms with Crippen molar-refractivity contribution < 1.29 is 9.53 Å². The molecule has 1 saturated heterocycles. The summed E-state index contributed by atoms with van der Waals surface area (Å²) in [7, 11) is 0. The topological polar surface area (TPSA) is 74.4 Å². The Hall–Kier alpha value is -3.34. The van der Waals surface area contributed by atoms with Crippen molar-refractivity contribution in [1.82, 2.24) is 14.7 Å². The minimum atomic E-state index is 0.0262. The summed E-state index contributed by atoms with van der Waals surface area (Å²) < 4.78 is 7.88. The number of nitriles is 1. The number of piperazine rings is 1. The molecule has 1 aliphatic rings. The molecule has 0 N–H and O–H groups in total. The Kier molecular flexibility index (Phi) is 7.74. The van der Waals surface area contributed by atoms with Crippen molar-refractivity contribution in [2.24, 2.45) is 5.92 Å². The van der Waals surface area contributed by atoms with Crippen molar-refractivity contribution in [3.05, 3.63) is 75.9 Å². The maximum Gasteiger partial charge on any atom is 0.242 e. The molecule has 0 spiro atoms. The minimum Gasteiger partial charge on any atom is -0.493 e. The first-order valence-electron chi connectivity index (χ1n) is 11.8. The molecule has 1 amide bonds. The number of halogens is 1. The molecule has 0 saturated carbocycles. The number of carbonyl (C=O) groups is 1. The zero-order valence-corrected chi connectivity index (χ0v) is 21.1. The van der Waals surface area contributed by atoms with Gasteiger partial charge in [0.25, 0.3) is 0 Å². The van der Waals surface area contributed by atoms with Crippen molar-refractivity contribution in [2.75, 3.05) is 31.1 Å². The predicted molar refractivity (Wildman–Crippen MR) is 137 cm³/mol. The van der Waals surface area contributed by atoms with E-state index in [-0.39, 0.29) is 5.91 Å². The molecule has 8 heteroatoms. The molecule has 1 fully saturated rings. The number of anilines is 1. The minimum absolute atomic E-state index is 0.0262. The Labute approximate surface area is 211 Å². The van der Waals surface area contributed by atoms with Crippen LogP contribution in [0.15, 0.2) is 48.5 Å². The average Bonchev–Trinajstić information content (AvgIpc) is 3.18. The van der Waals surface area contributed by atoms with Crippen LogP contribution in [0.25, 0.3) is 0 Å². The van der Waals surface area contributed by atoms with Gasteiger partial charge < -0.3 is 4.74 Å². The summed E-state index contributed by atoms with van der Waals surface area (Å²) in [6.07, 6.45) is 0. The van der Waals surface area contributed by atoms with Crippen LogP contribution in [-0.2, 0) is 17.9 Å². The molecule has 35 heavy (non-hydrogen) atoms. The highest BCUT2D eigenvalue weighted by Crippen LogP contribution is 2.26. The van der Waals surface area contributed by atoms with Gasteiger partial charge in [-0.3, -0.25) is 19.3 Å². The molecule has 1 aromatic heterocycles. The van der Waals surface area contributed by atoms with E-state index in [1.165, 1.54) is 0 Å². The van der Waals surface area contributed by atoms with Crippen molar-refractivity contribution in [1.29, 1.82) is 5.26 Å². The summed E-state index contributed by atoms with van der Waals surface area (Å²) in [5, 5.41) is 14.4. The highest BCUT2D eigenvalue weighted by atomic mass is 35.5. The molecule has 0 aliphatic carbocycles. The Balaban J connectivity index is 1.43. The summed E-state index contributed by atoms with van der Waals surface area (Å²) in [4.78, 5) is 16.9. The van der Waals surface area contributed by atoms with Crippen LogP contribution < -0.4 is 9.64 Å². The van der Waals surface area contributed by atoms with Gasteiger partial charge in [0.15, 0.2) is 5.82 Å². The Morgan fingerprint density at radius 1 is 1.11 bits per heavy atom. The normalized spacial score (nSPS) is 14.4. The maximum absolute atomic E-state index is 13.0. The van der Waals surface area contributed by atoms with E-state index in [0.717, 1.165) is 29.1 Å². The van der Waals surface area contributed by atoms with Crippen LogP contribution in [0.1, 0.15) is 36.2 Å². The molecule has 182 valence electrons. The third-order valence-electron chi connectivity index (χ3n) is 5.95. The van der Waals surface area contributed by atoms with Crippen LogP contribution in [0.5, 0.6) is 5.75 Å². The van der Waals surface area contributed by atoms with Crippen molar-refractivity contribution >= 4 is 23.3 Å². The van der Waals surface area contributed by atoms with E-state index in [0.29, 0.717) is 55.1 Å². The Morgan fingerprint density at radius 2 is 1.89 bits per heavy atom. The van der Waals surface area contributed by atoms with Gasteiger partial charge in [-0.2, -0.15) is 10.4 Å². The SMILES string of the molecule is Cc1cc(N2CCN(Cc3ccc(C#N)cc3)CC2=O)nn1Cc1cc(Cl)ccc1OCC(C)C. The van der Waals surface area contributed by atoms with Gasteiger partial charge in [0.1, 0.15) is 5.75 Å². The summed E-state index contributed by atoms with van der Waals surface area (Å²) in [6, 6.07) is 17.2. The van der Waals surface area contributed by atoms with Crippen LogP contribution in [0.2, 0.25) is 5.02 Å². The van der Waals surface area contributed by atoms with Crippen LogP contribution in [0.3, 0.4) is 0 Å². The van der Waals surface area contributed by atoms with Gasteiger partial charge in [-0.25, -0.2) is 0 Å². The third-order valence-corrected chi connectivity index (χ3v) is 6.18.